The van der Waals surface area contributed by atoms with E-state index in [0.717, 1.165) is 17.6 Å². The number of halogens is 1. The van der Waals surface area contributed by atoms with E-state index in [1.54, 1.807) is 24.3 Å². The van der Waals surface area contributed by atoms with Crippen molar-refractivity contribution in [2.45, 2.75) is 26.9 Å². The number of aryl methyl sites for hydroxylation is 2. The molecule has 0 unspecified atom stereocenters. The van der Waals surface area contributed by atoms with Crippen molar-refractivity contribution in [3.63, 3.8) is 0 Å². The number of hydrogen-bond donors (Lipinski definition) is 0. The van der Waals surface area contributed by atoms with E-state index in [-0.39, 0.29) is 5.78 Å². The molecule has 0 saturated carbocycles. The van der Waals surface area contributed by atoms with Gasteiger partial charge in [-0.1, -0.05) is 41.9 Å². The molecule has 0 aliphatic carbocycles. The fraction of sp³-hybridized carbons (Fsp3) is 0.167. The molecule has 0 atom stereocenters. The Morgan fingerprint density at radius 3 is 2.36 bits per heavy atom. The molecule has 3 nitrogen and oxygen atoms in total. The van der Waals surface area contributed by atoms with Crippen molar-refractivity contribution >= 4 is 28.4 Å². The predicted molar refractivity (Wildman–Crippen MR) is 113 cm³/mol. The van der Waals surface area contributed by atoms with E-state index in [1.165, 1.54) is 16.7 Å². The van der Waals surface area contributed by atoms with Gasteiger partial charge in [0, 0.05) is 10.6 Å². The van der Waals surface area contributed by atoms with Gasteiger partial charge >= 0.3 is 0 Å². The maximum atomic E-state index is 12.8. The lowest BCUT2D eigenvalue weighted by Crippen LogP contribution is -2.33. The standard InChI is InChI=1S/C24H22ClN2O/c1-17-12-22-23(13-18(17)2)27(15-24(28)20-8-10-21(25)11-9-20)16-26(22)14-19-6-4-3-5-7-19/h3-13,16H,14-15H2,1-2H3/q+1. The number of aromatic nitrogens is 2. The van der Waals surface area contributed by atoms with Crippen molar-refractivity contribution in [3.05, 3.63) is 100 Å². The molecular weight excluding hydrogens is 368 g/mol. The van der Waals surface area contributed by atoms with Crippen LogP contribution in [-0.4, -0.2) is 10.4 Å². The summed E-state index contributed by atoms with van der Waals surface area (Å²) in [6, 6.07) is 21.8. The van der Waals surface area contributed by atoms with Crippen LogP contribution in [0.4, 0.5) is 0 Å². The summed E-state index contributed by atoms with van der Waals surface area (Å²) in [6.45, 7) is 5.29. The fourth-order valence-corrected chi connectivity index (χ4v) is 3.58. The number of ketones is 1. The van der Waals surface area contributed by atoms with Gasteiger partial charge in [-0.3, -0.25) is 4.79 Å². The highest BCUT2D eigenvalue weighted by molar-refractivity contribution is 6.30. The lowest BCUT2D eigenvalue weighted by Gasteiger charge is -2.02. The Morgan fingerprint density at radius 2 is 1.64 bits per heavy atom. The third-order valence-corrected chi connectivity index (χ3v) is 5.42. The van der Waals surface area contributed by atoms with E-state index in [2.05, 4.69) is 54.8 Å². The second-order valence-corrected chi connectivity index (χ2v) is 7.65. The maximum Gasteiger partial charge on any atom is 0.245 e. The number of carbonyl (C=O) groups is 1. The van der Waals surface area contributed by atoms with Gasteiger partial charge in [0.05, 0.1) is 0 Å². The first-order chi connectivity index (χ1) is 13.5. The third kappa shape index (κ3) is 3.71. The number of fused-ring (bicyclic) bond motifs is 1. The lowest BCUT2D eigenvalue weighted by molar-refractivity contribution is -0.663. The van der Waals surface area contributed by atoms with Crippen LogP contribution in [0.25, 0.3) is 11.0 Å². The van der Waals surface area contributed by atoms with Crippen molar-refractivity contribution in [2.24, 2.45) is 0 Å². The van der Waals surface area contributed by atoms with Crippen molar-refractivity contribution in [1.29, 1.82) is 0 Å². The first kappa shape index (κ1) is 18.5. The van der Waals surface area contributed by atoms with Crippen LogP contribution in [-0.2, 0) is 13.1 Å². The Balaban J connectivity index is 1.74. The zero-order valence-electron chi connectivity index (χ0n) is 16.0. The monoisotopic (exact) mass is 389 g/mol. The topological polar surface area (TPSA) is 25.9 Å². The van der Waals surface area contributed by atoms with Crippen LogP contribution < -0.4 is 4.57 Å². The molecule has 0 bridgehead atoms. The van der Waals surface area contributed by atoms with Crippen LogP contribution in [0.5, 0.6) is 0 Å². The summed E-state index contributed by atoms with van der Waals surface area (Å²) in [5.74, 6) is 0.0682. The molecule has 0 N–H and O–H groups in total. The third-order valence-electron chi connectivity index (χ3n) is 5.16. The second kappa shape index (κ2) is 7.61. The summed E-state index contributed by atoms with van der Waals surface area (Å²) in [4.78, 5) is 12.8. The van der Waals surface area contributed by atoms with Crippen LogP contribution >= 0.6 is 11.6 Å². The van der Waals surface area contributed by atoms with Gasteiger partial charge < -0.3 is 0 Å². The average molecular weight is 390 g/mol. The molecule has 0 aliphatic heterocycles. The van der Waals surface area contributed by atoms with Gasteiger partial charge in [-0.05, 0) is 66.9 Å². The smallest absolute Gasteiger partial charge is 0.245 e. The molecular formula is C24H22ClN2O+. The van der Waals surface area contributed by atoms with Crippen LogP contribution in [0.15, 0.2) is 73.1 Å². The average Bonchev–Trinajstić information content (AvgIpc) is 2.99. The van der Waals surface area contributed by atoms with Gasteiger partial charge in [0.15, 0.2) is 17.6 Å². The highest BCUT2D eigenvalue weighted by Crippen LogP contribution is 2.19. The van der Waals surface area contributed by atoms with Crippen molar-refractivity contribution < 1.29 is 9.36 Å². The predicted octanol–water partition coefficient (Wildman–Crippen LogP) is 5.13. The molecule has 0 spiro atoms. The van der Waals surface area contributed by atoms with E-state index in [1.807, 2.05) is 17.0 Å². The zero-order chi connectivity index (χ0) is 19.7. The molecule has 0 amide bonds. The molecule has 28 heavy (non-hydrogen) atoms. The highest BCUT2D eigenvalue weighted by atomic mass is 35.5. The molecule has 0 saturated heterocycles. The summed E-state index contributed by atoms with van der Waals surface area (Å²) < 4.78 is 4.26. The Bertz CT molecular complexity index is 1140. The molecule has 0 aliphatic rings. The van der Waals surface area contributed by atoms with Gasteiger partial charge in [0.2, 0.25) is 12.1 Å². The molecule has 4 heteroatoms. The molecule has 0 fully saturated rings. The Kier molecular flexibility index (Phi) is 5.01. The molecule has 4 aromatic rings. The minimum atomic E-state index is 0.0682. The Morgan fingerprint density at radius 1 is 0.964 bits per heavy atom. The molecule has 0 radical (unpaired) electrons. The minimum Gasteiger partial charge on any atom is -0.290 e. The second-order valence-electron chi connectivity index (χ2n) is 7.21. The number of rotatable bonds is 5. The Labute approximate surface area is 169 Å². The number of carbonyl (C=O) groups excluding carboxylic acids is 1. The summed E-state index contributed by atoms with van der Waals surface area (Å²) in [7, 11) is 0. The molecule has 4 rings (SSSR count). The zero-order valence-corrected chi connectivity index (χ0v) is 16.8. The number of benzene rings is 3. The van der Waals surface area contributed by atoms with E-state index in [9.17, 15) is 4.79 Å². The van der Waals surface area contributed by atoms with Gasteiger partial charge in [-0.2, -0.15) is 0 Å². The molecule has 3 aromatic carbocycles. The summed E-state index contributed by atoms with van der Waals surface area (Å²) >= 11 is 5.95. The van der Waals surface area contributed by atoms with Crippen molar-refractivity contribution in [2.75, 3.05) is 0 Å². The fourth-order valence-electron chi connectivity index (χ4n) is 3.45. The van der Waals surface area contributed by atoms with Gasteiger partial charge in [-0.25, -0.2) is 9.13 Å². The molecule has 140 valence electrons. The van der Waals surface area contributed by atoms with Crippen molar-refractivity contribution in [3.8, 4) is 0 Å². The maximum absolute atomic E-state index is 12.8. The summed E-state index contributed by atoms with van der Waals surface area (Å²) in [5, 5.41) is 0.634. The van der Waals surface area contributed by atoms with E-state index < -0.39 is 0 Å². The van der Waals surface area contributed by atoms with Crippen molar-refractivity contribution in [1.82, 2.24) is 4.57 Å². The number of Topliss-reactive ketones (excluding diaryl/α,β-unsaturated/α-hetero) is 1. The minimum absolute atomic E-state index is 0.0682. The van der Waals surface area contributed by atoms with E-state index >= 15 is 0 Å². The number of imidazole rings is 1. The lowest BCUT2D eigenvalue weighted by atomic mass is 10.1. The SMILES string of the molecule is Cc1cc2c(cc1C)[n+](Cc1ccccc1)cn2CC(=O)c1ccc(Cl)cc1. The van der Waals surface area contributed by atoms with Crippen LogP contribution in [0.1, 0.15) is 27.0 Å². The van der Waals surface area contributed by atoms with Crippen LogP contribution in [0.3, 0.4) is 0 Å². The van der Waals surface area contributed by atoms with Crippen LogP contribution in [0.2, 0.25) is 5.02 Å². The Hall–Kier alpha value is -2.91. The van der Waals surface area contributed by atoms with E-state index in [4.69, 9.17) is 11.6 Å². The van der Waals surface area contributed by atoms with E-state index in [0.29, 0.717) is 17.1 Å². The molecule has 1 aromatic heterocycles. The molecule has 1 heterocycles. The largest absolute Gasteiger partial charge is 0.290 e. The summed E-state index contributed by atoms with van der Waals surface area (Å²) in [5.41, 5.74) is 6.57. The number of nitrogens with zero attached hydrogens (tertiary/aromatic N) is 2. The van der Waals surface area contributed by atoms with Gasteiger partial charge in [0.1, 0.15) is 6.54 Å². The summed E-state index contributed by atoms with van der Waals surface area (Å²) in [6.07, 6.45) is 2.05. The highest BCUT2D eigenvalue weighted by Gasteiger charge is 2.20. The quantitative estimate of drug-likeness (QED) is 0.343. The first-order valence-electron chi connectivity index (χ1n) is 9.33. The normalized spacial score (nSPS) is 11.1. The first-order valence-corrected chi connectivity index (χ1v) is 9.71. The van der Waals surface area contributed by atoms with Gasteiger partial charge in [-0.15, -0.1) is 0 Å². The van der Waals surface area contributed by atoms with Gasteiger partial charge in [0.25, 0.3) is 0 Å². The van der Waals surface area contributed by atoms with Crippen LogP contribution in [0, 0.1) is 13.8 Å². The number of hydrogen-bond acceptors (Lipinski definition) is 1.